The number of rotatable bonds is 4. The van der Waals surface area contributed by atoms with Crippen LogP contribution in [0.4, 0.5) is 4.39 Å². The minimum Gasteiger partial charge on any atom is -0.389 e. The van der Waals surface area contributed by atoms with Crippen molar-refractivity contribution in [1.82, 2.24) is 5.32 Å². The van der Waals surface area contributed by atoms with Crippen molar-refractivity contribution in [2.45, 2.75) is 50.7 Å². The molecule has 0 amide bonds. The number of hydrogen-bond acceptors (Lipinski definition) is 2. The molecule has 1 unspecified atom stereocenters. The molecule has 2 nitrogen and oxygen atoms in total. The van der Waals surface area contributed by atoms with E-state index in [1.54, 1.807) is 12.1 Å². The van der Waals surface area contributed by atoms with Crippen LogP contribution in [0.5, 0.6) is 0 Å². The van der Waals surface area contributed by atoms with Crippen molar-refractivity contribution in [2.75, 3.05) is 6.54 Å². The van der Waals surface area contributed by atoms with Gasteiger partial charge < -0.3 is 10.4 Å². The fraction of sp³-hybridized carbons (Fsp3) is 0.600. The minimum absolute atomic E-state index is 0.0454. The molecule has 1 aromatic rings. The second kappa shape index (κ2) is 6.21. The van der Waals surface area contributed by atoms with Crippen LogP contribution in [0.25, 0.3) is 0 Å². The molecule has 106 valence electrons. The Kier molecular flexibility index (Phi) is 4.82. The first kappa shape index (κ1) is 14.8. The van der Waals surface area contributed by atoms with Crippen LogP contribution in [-0.4, -0.2) is 17.3 Å². The molecule has 1 fully saturated rings. The molecule has 1 aliphatic rings. The van der Waals surface area contributed by atoms with Crippen LogP contribution in [0, 0.1) is 5.82 Å². The second-order valence-electron chi connectivity index (χ2n) is 5.56. The second-order valence-corrected chi connectivity index (χ2v) is 5.97. The third-order valence-corrected chi connectivity index (χ3v) is 4.25. The summed E-state index contributed by atoms with van der Waals surface area (Å²) in [6.07, 6.45) is 5.11. The Balaban J connectivity index is 1.93. The van der Waals surface area contributed by atoms with Crippen LogP contribution in [-0.2, 0) is 0 Å². The van der Waals surface area contributed by atoms with E-state index in [0.29, 0.717) is 6.54 Å². The lowest BCUT2D eigenvalue weighted by atomic mass is 9.84. The van der Waals surface area contributed by atoms with Gasteiger partial charge in [-0.25, -0.2) is 4.39 Å². The lowest BCUT2D eigenvalue weighted by Gasteiger charge is -2.33. The fourth-order valence-electron chi connectivity index (χ4n) is 2.63. The van der Waals surface area contributed by atoms with Gasteiger partial charge in [0.15, 0.2) is 0 Å². The van der Waals surface area contributed by atoms with Gasteiger partial charge in [-0.05, 0) is 37.5 Å². The van der Waals surface area contributed by atoms with Gasteiger partial charge in [0.2, 0.25) is 0 Å². The Bertz CT molecular complexity index is 432. The standard InChI is InChI=1S/C15H21ClFNO/c1-11(12-5-6-14(17)13(16)9-12)18-10-15(19)7-3-2-4-8-15/h5-6,9,11,18-19H,2-4,7-8,10H2,1H3. The van der Waals surface area contributed by atoms with Crippen molar-refractivity contribution < 1.29 is 9.50 Å². The monoisotopic (exact) mass is 285 g/mol. The Morgan fingerprint density at radius 1 is 1.37 bits per heavy atom. The summed E-state index contributed by atoms with van der Waals surface area (Å²) >= 11 is 5.78. The lowest BCUT2D eigenvalue weighted by molar-refractivity contribution is 0.00300. The summed E-state index contributed by atoms with van der Waals surface area (Å²) < 4.78 is 13.1. The molecule has 1 atom stereocenters. The van der Waals surface area contributed by atoms with Crippen molar-refractivity contribution in [1.29, 1.82) is 0 Å². The summed E-state index contributed by atoms with van der Waals surface area (Å²) in [5.41, 5.74) is 0.349. The summed E-state index contributed by atoms with van der Waals surface area (Å²) in [6, 6.07) is 4.79. The molecule has 0 bridgehead atoms. The molecular formula is C15H21ClFNO. The quantitative estimate of drug-likeness (QED) is 0.881. The highest BCUT2D eigenvalue weighted by atomic mass is 35.5. The summed E-state index contributed by atoms with van der Waals surface area (Å²) in [7, 11) is 0. The highest BCUT2D eigenvalue weighted by molar-refractivity contribution is 6.30. The van der Waals surface area contributed by atoms with Crippen LogP contribution in [0.2, 0.25) is 5.02 Å². The SMILES string of the molecule is CC(NCC1(O)CCCCC1)c1ccc(F)c(Cl)c1. The number of nitrogens with one attached hydrogen (secondary N) is 1. The predicted octanol–water partition coefficient (Wildman–Crippen LogP) is 3.82. The maximum absolute atomic E-state index is 13.1. The molecule has 1 saturated carbocycles. The summed E-state index contributed by atoms with van der Waals surface area (Å²) in [4.78, 5) is 0. The first-order valence-electron chi connectivity index (χ1n) is 6.91. The van der Waals surface area contributed by atoms with Gasteiger partial charge in [0.1, 0.15) is 5.82 Å². The van der Waals surface area contributed by atoms with Crippen LogP contribution in [0.1, 0.15) is 50.6 Å². The van der Waals surface area contributed by atoms with E-state index < -0.39 is 11.4 Å². The van der Waals surface area contributed by atoms with Gasteiger partial charge in [-0.2, -0.15) is 0 Å². The smallest absolute Gasteiger partial charge is 0.141 e. The fourth-order valence-corrected chi connectivity index (χ4v) is 2.82. The number of benzene rings is 1. The van der Waals surface area contributed by atoms with Gasteiger partial charge in [0, 0.05) is 12.6 Å². The highest BCUT2D eigenvalue weighted by Crippen LogP contribution is 2.28. The third-order valence-electron chi connectivity index (χ3n) is 3.97. The van der Waals surface area contributed by atoms with E-state index in [2.05, 4.69) is 5.32 Å². The van der Waals surface area contributed by atoms with E-state index in [0.717, 1.165) is 31.2 Å². The molecular weight excluding hydrogens is 265 g/mol. The minimum atomic E-state index is -0.587. The molecule has 1 aromatic carbocycles. The zero-order valence-electron chi connectivity index (χ0n) is 11.3. The molecule has 0 radical (unpaired) electrons. The van der Waals surface area contributed by atoms with E-state index in [4.69, 9.17) is 11.6 Å². The van der Waals surface area contributed by atoms with Gasteiger partial charge in [0.25, 0.3) is 0 Å². The van der Waals surface area contributed by atoms with Gasteiger partial charge in [-0.15, -0.1) is 0 Å². The van der Waals surface area contributed by atoms with Crippen molar-refractivity contribution in [3.8, 4) is 0 Å². The molecule has 0 heterocycles. The largest absolute Gasteiger partial charge is 0.389 e. The molecule has 4 heteroatoms. The van der Waals surface area contributed by atoms with Gasteiger partial charge in [0.05, 0.1) is 10.6 Å². The van der Waals surface area contributed by atoms with Crippen LogP contribution < -0.4 is 5.32 Å². The molecule has 0 aliphatic heterocycles. The van der Waals surface area contributed by atoms with Gasteiger partial charge >= 0.3 is 0 Å². The maximum Gasteiger partial charge on any atom is 0.141 e. The average Bonchev–Trinajstić information content (AvgIpc) is 2.40. The topological polar surface area (TPSA) is 32.3 Å². The lowest BCUT2D eigenvalue weighted by Crippen LogP contribution is -2.42. The molecule has 2 rings (SSSR count). The first-order valence-corrected chi connectivity index (χ1v) is 7.29. The van der Waals surface area contributed by atoms with Crippen molar-refractivity contribution in [3.63, 3.8) is 0 Å². The van der Waals surface area contributed by atoms with E-state index in [9.17, 15) is 9.50 Å². The zero-order valence-corrected chi connectivity index (χ0v) is 12.0. The van der Waals surface area contributed by atoms with Crippen molar-refractivity contribution in [2.24, 2.45) is 0 Å². The molecule has 19 heavy (non-hydrogen) atoms. The van der Waals surface area contributed by atoms with E-state index >= 15 is 0 Å². The Morgan fingerprint density at radius 2 is 2.05 bits per heavy atom. The summed E-state index contributed by atoms with van der Waals surface area (Å²) in [5.74, 6) is -0.400. The maximum atomic E-state index is 13.1. The van der Waals surface area contributed by atoms with Gasteiger partial charge in [-0.3, -0.25) is 0 Å². The Labute approximate surface area is 119 Å². The van der Waals surface area contributed by atoms with Gasteiger partial charge in [-0.1, -0.05) is 36.9 Å². The highest BCUT2D eigenvalue weighted by Gasteiger charge is 2.29. The Morgan fingerprint density at radius 3 is 2.68 bits per heavy atom. The predicted molar refractivity (Wildman–Crippen MR) is 75.9 cm³/mol. The van der Waals surface area contributed by atoms with Crippen LogP contribution in [0.15, 0.2) is 18.2 Å². The van der Waals surface area contributed by atoms with Crippen molar-refractivity contribution in [3.05, 3.63) is 34.6 Å². The number of aliphatic hydroxyl groups is 1. The van der Waals surface area contributed by atoms with Crippen molar-refractivity contribution >= 4 is 11.6 Å². The normalized spacial score (nSPS) is 20.2. The molecule has 0 spiro atoms. The Hall–Kier alpha value is -0.640. The molecule has 2 N–H and O–H groups in total. The van der Waals surface area contributed by atoms with Crippen LogP contribution in [0.3, 0.4) is 0 Å². The summed E-state index contributed by atoms with van der Waals surface area (Å²) in [6.45, 7) is 2.57. The third kappa shape index (κ3) is 3.91. The van der Waals surface area contributed by atoms with E-state index in [1.807, 2.05) is 6.92 Å². The number of hydrogen-bond donors (Lipinski definition) is 2. The summed E-state index contributed by atoms with van der Waals surface area (Å²) in [5, 5.41) is 13.9. The van der Waals surface area contributed by atoms with E-state index in [-0.39, 0.29) is 11.1 Å². The zero-order chi connectivity index (χ0) is 13.9. The molecule has 0 aromatic heterocycles. The van der Waals surface area contributed by atoms with E-state index in [1.165, 1.54) is 12.5 Å². The molecule has 0 saturated heterocycles. The van der Waals surface area contributed by atoms with Crippen LogP contribution >= 0.6 is 11.6 Å². The first-order chi connectivity index (χ1) is 9.00. The average molecular weight is 286 g/mol. The molecule has 1 aliphatic carbocycles. The number of halogens is 2.